The van der Waals surface area contributed by atoms with E-state index in [0.717, 1.165) is 0 Å². The van der Waals surface area contributed by atoms with E-state index in [4.69, 9.17) is 5.11 Å². The van der Waals surface area contributed by atoms with Gasteiger partial charge >= 0.3 is 12.6 Å². The summed E-state index contributed by atoms with van der Waals surface area (Å²) >= 11 is 0. The molecule has 0 heterocycles. The number of ether oxygens (including phenoxy) is 1. The van der Waals surface area contributed by atoms with Crippen molar-refractivity contribution in [2.45, 2.75) is 39.5 Å². The van der Waals surface area contributed by atoms with E-state index >= 15 is 0 Å². The van der Waals surface area contributed by atoms with E-state index in [-0.39, 0.29) is 18.8 Å². The lowest BCUT2D eigenvalue weighted by Gasteiger charge is -2.34. The van der Waals surface area contributed by atoms with Gasteiger partial charge in [-0.2, -0.15) is 8.78 Å². The summed E-state index contributed by atoms with van der Waals surface area (Å²) in [6.07, 6.45) is 0. The summed E-state index contributed by atoms with van der Waals surface area (Å²) in [7, 11) is 0. The second-order valence-electron chi connectivity index (χ2n) is 5.41. The van der Waals surface area contributed by atoms with Crippen LogP contribution in [0.2, 0.25) is 0 Å². The fourth-order valence-electron chi connectivity index (χ4n) is 1.74. The Kier molecular flexibility index (Phi) is 5.44. The number of benzene rings is 1. The third-order valence-electron chi connectivity index (χ3n) is 2.82. The Balaban J connectivity index is 2.96. The average molecular weight is 287 g/mol. The van der Waals surface area contributed by atoms with E-state index in [1.165, 1.54) is 6.07 Å². The molecule has 20 heavy (non-hydrogen) atoms. The number of nitrogens with zero attached hydrogens (tertiary/aromatic N) is 1. The standard InChI is InChI=1S/C14H19F2NO3/c1-14(2,3)17(9-12(18)19)8-10-6-4-5-7-11(10)20-13(15)16/h4-7,13H,8-9H2,1-3H3,(H,18,19). The first-order valence-electron chi connectivity index (χ1n) is 6.19. The molecule has 112 valence electrons. The molecule has 0 saturated carbocycles. The van der Waals surface area contributed by atoms with Gasteiger partial charge in [0.2, 0.25) is 0 Å². The van der Waals surface area contributed by atoms with Crippen LogP contribution in [0.3, 0.4) is 0 Å². The van der Waals surface area contributed by atoms with E-state index in [1.54, 1.807) is 23.1 Å². The molecular formula is C14H19F2NO3. The predicted octanol–water partition coefficient (Wildman–Crippen LogP) is 2.97. The van der Waals surface area contributed by atoms with Crippen LogP contribution in [0.4, 0.5) is 8.78 Å². The minimum atomic E-state index is -2.90. The van der Waals surface area contributed by atoms with Crippen LogP contribution in [0.15, 0.2) is 24.3 Å². The summed E-state index contributed by atoms with van der Waals surface area (Å²) in [6, 6.07) is 6.40. The van der Waals surface area contributed by atoms with Crippen LogP contribution < -0.4 is 4.74 Å². The van der Waals surface area contributed by atoms with Crippen molar-refractivity contribution in [3.05, 3.63) is 29.8 Å². The van der Waals surface area contributed by atoms with Crippen LogP contribution in [-0.4, -0.2) is 34.7 Å². The molecule has 0 bridgehead atoms. The second kappa shape index (κ2) is 6.65. The fourth-order valence-corrected chi connectivity index (χ4v) is 1.74. The lowest BCUT2D eigenvalue weighted by Crippen LogP contribution is -2.43. The van der Waals surface area contributed by atoms with Gasteiger partial charge in [0.25, 0.3) is 0 Å². The first-order valence-corrected chi connectivity index (χ1v) is 6.19. The van der Waals surface area contributed by atoms with E-state index in [0.29, 0.717) is 5.56 Å². The first-order chi connectivity index (χ1) is 9.20. The molecule has 0 spiro atoms. The van der Waals surface area contributed by atoms with Crippen molar-refractivity contribution in [1.82, 2.24) is 4.90 Å². The molecule has 1 aromatic carbocycles. The maximum absolute atomic E-state index is 12.4. The fraction of sp³-hybridized carbons (Fsp3) is 0.500. The second-order valence-corrected chi connectivity index (χ2v) is 5.41. The zero-order valence-corrected chi connectivity index (χ0v) is 11.8. The largest absolute Gasteiger partial charge is 0.480 e. The van der Waals surface area contributed by atoms with Crippen LogP contribution in [0.5, 0.6) is 5.75 Å². The SMILES string of the molecule is CC(C)(C)N(CC(=O)O)Cc1ccccc1OC(F)F. The minimum absolute atomic E-state index is 0.0714. The average Bonchev–Trinajstić information content (AvgIpc) is 2.28. The monoisotopic (exact) mass is 287 g/mol. The summed E-state index contributed by atoms with van der Waals surface area (Å²) in [6.45, 7) is 2.75. The highest BCUT2D eigenvalue weighted by Gasteiger charge is 2.25. The molecule has 1 rings (SSSR count). The third kappa shape index (κ3) is 5.13. The molecule has 0 fully saturated rings. The van der Waals surface area contributed by atoms with E-state index in [9.17, 15) is 13.6 Å². The molecular weight excluding hydrogens is 268 g/mol. The Morgan fingerprint density at radius 3 is 2.45 bits per heavy atom. The van der Waals surface area contributed by atoms with Crippen molar-refractivity contribution in [1.29, 1.82) is 0 Å². The van der Waals surface area contributed by atoms with Crippen LogP contribution in [0, 0.1) is 0 Å². The molecule has 0 saturated heterocycles. The third-order valence-corrected chi connectivity index (χ3v) is 2.82. The predicted molar refractivity (Wildman–Crippen MR) is 70.9 cm³/mol. The lowest BCUT2D eigenvalue weighted by atomic mass is 10.0. The van der Waals surface area contributed by atoms with Gasteiger partial charge in [-0.15, -0.1) is 0 Å². The summed E-state index contributed by atoms with van der Waals surface area (Å²) < 4.78 is 29.2. The van der Waals surface area contributed by atoms with Crippen molar-refractivity contribution < 1.29 is 23.4 Å². The Morgan fingerprint density at radius 2 is 1.95 bits per heavy atom. The van der Waals surface area contributed by atoms with Gasteiger partial charge in [0.1, 0.15) is 5.75 Å². The number of para-hydroxylation sites is 1. The zero-order chi connectivity index (χ0) is 15.3. The van der Waals surface area contributed by atoms with Crippen molar-refractivity contribution in [2.24, 2.45) is 0 Å². The van der Waals surface area contributed by atoms with Crippen molar-refractivity contribution in [3.8, 4) is 5.75 Å². The number of hydrogen-bond donors (Lipinski definition) is 1. The highest BCUT2D eigenvalue weighted by molar-refractivity contribution is 5.69. The summed E-state index contributed by atoms with van der Waals surface area (Å²) in [5.74, 6) is -0.894. The van der Waals surface area contributed by atoms with Gasteiger partial charge in [0.15, 0.2) is 0 Å². The molecule has 0 atom stereocenters. The number of alkyl halides is 2. The molecule has 0 aromatic heterocycles. The Bertz CT molecular complexity index is 458. The number of aliphatic carboxylic acids is 1. The van der Waals surface area contributed by atoms with Gasteiger partial charge in [-0.3, -0.25) is 9.69 Å². The zero-order valence-electron chi connectivity index (χ0n) is 11.8. The molecule has 0 radical (unpaired) electrons. The quantitative estimate of drug-likeness (QED) is 0.874. The maximum Gasteiger partial charge on any atom is 0.387 e. The Morgan fingerprint density at radius 1 is 1.35 bits per heavy atom. The normalized spacial score (nSPS) is 11.9. The number of hydrogen-bond acceptors (Lipinski definition) is 3. The maximum atomic E-state index is 12.4. The van der Waals surface area contributed by atoms with Crippen LogP contribution >= 0.6 is 0 Å². The van der Waals surface area contributed by atoms with Crippen LogP contribution in [0.25, 0.3) is 0 Å². The molecule has 1 aromatic rings. The highest BCUT2D eigenvalue weighted by Crippen LogP contribution is 2.25. The topological polar surface area (TPSA) is 49.8 Å². The summed E-state index contributed by atoms with van der Waals surface area (Å²) in [4.78, 5) is 12.6. The summed E-state index contributed by atoms with van der Waals surface area (Å²) in [5.41, 5.74) is 0.125. The number of carbonyl (C=O) groups is 1. The molecule has 4 nitrogen and oxygen atoms in total. The van der Waals surface area contributed by atoms with Crippen LogP contribution in [-0.2, 0) is 11.3 Å². The van der Waals surface area contributed by atoms with E-state index in [1.807, 2.05) is 20.8 Å². The number of carboxylic acid groups (broad SMARTS) is 1. The van der Waals surface area contributed by atoms with Gasteiger partial charge in [0.05, 0.1) is 6.54 Å². The van der Waals surface area contributed by atoms with E-state index in [2.05, 4.69) is 4.74 Å². The molecule has 1 N–H and O–H groups in total. The highest BCUT2D eigenvalue weighted by atomic mass is 19.3. The molecule has 0 aliphatic heterocycles. The van der Waals surface area contributed by atoms with Crippen molar-refractivity contribution in [3.63, 3.8) is 0 Å². The van der Waals surface area contributed by atoms with Crippen LogP contribution in [0.1, 0.15) is 26.3 Å². The first kappa shape index (κ1) is 16.4. The van der Waals surface area contributed by atoms with Crippen molar-refractivity contribution in [2.75, 3.05) is 6.54 Å². The molecule has 0 aliphatic rings. The van der Waals surface area contributed by atoms with Gasteiger partial charge in [-0.25, -0.2) is 0 Å². The molecule has 0 aliphatic carbocycles. The Hall–Kier alpha value is -1.69. The van der Waals surface area contributed by atoms with Gasteiger partial charge in [-0.1, -0.05) is 18.2 Å². The number of rotatable bonds is 6. The smallest absolute Gasteiger partial charge is 0.387 e. The van der Waals surface area contributed by atoms with Gasteiger partial charge in [-0.05, 0) is 26.8 Å². The van der Waals surface area contributed by atoms with Crippen molar-refractivity contribution >= 4 is 5.97 Å². The number of halogens is 2. The number of carboxylic acids is 1. The minimum Gasteiger partial charge on any atom is -0.480 e. The van der Waals surface area contributed by atoms with E-state index < -0.39 is 18.1 Å². The molecule has 6 heteroatoms. The molecule has 0 unspecified atom stereocenters. The van der Waals surface area contributed by atoms with Gasteiger partial charge in [0, 0.05) is 17.6 Å². The lowest BCUT2D eigenvalue weighted by molar-refractivity contribution is -0.140. The Labute approximate surface area is 117 Å². The summed E-state index contributed by atoms with van der Waals surface area (Å²) in [5, 5.41) is 8.95. The molecule has 0 amide bonds. The van der Waals surface area contributed by atoms with Gasteiger partial charge < -0.3 is 9.84 Å².